The molecule has 112 valence electrons. The van der Waals surface area contributed by atoms with Crippen molar-refractivity contribution in [1.82, 2.24) is 9.88 Å². The summed E-state index contributed by atoms with van der Waals surface area (Å²) in [6.07, 6.45) is 0.757. The predicted molar refractivity (Wildman–Crippen MR) is 85.3 cm³/mol. The Kier molecular flexibility index (Phi) is 3.68. The highest BCUT2D eigenvalue weighted by Crippen LogP contribution is 2.23. The van der Waals surface area contributed by atoms with Gasteiger partial charge in [0.2, 0.25) is 5.91 Å². The fraction of sp³-hybridized carbons (Fsp3) is 0.353. The van der Waals surface area contributed by atoms with Gasteiger partial charge in [0, 0.05) is 18.0 Å². The Bertz CT molecular complexity index is 763. The summed E-state index contributed by atoms with van der Waals surface area (Å²) in [4.78, 5) is 18.7. The number of para-hydroxylation sites is 1. The van der Waals surface area contributed by atoms with Gasteiger partial charge in [-0.2, -0.15) is 5.26 Å². The van der Waals surface area contributed by atoms with Gasteiger partial charge < -0.3 is 10.2 Å². The van der Waals surface area contributed by atoms with Crippen LogP contribution in [0.3, 0.4) is 0 Å². The summed E-state index contributed by atoms with van der Waals surface area (Å²) in [5, 5.41) is 13.3. The molecule has 1 fully saturated rings. The summed E-state index contributed by atoms with van der Waals surface area (Å²) in [5.74, 6) is 0.683. The number of rotatable bonds is 3. The number of nitrogens with zero attached hydrogens (tertiary/aromatic N) is 3. The molecule has 1 saturated heterocycles. The van der Waals surface area contributed by atoms with Crippen LogP contribution in [0.4, 0.5) is 5.82 Å². The third-order valence-electron chi connectivity index (χ3n) is 4.02. The summed E-state index contributed by atoms with van der Waals surface area (Å²) in [6.45, 7) is 4.79. The predicted octanol–water partition coefficient (Wildman–Crippen LogP) is 2.53. The fourth-order valence-electron chi connectivity index (χ4n) is 2.87. The minimum Gasteiger partial charge on any atom is -0.358 e. The fourth-order valence-corrected chi connectivity index (χ4v) is 2.87. The highest BCUT2D eigenvalue weighted by Gasteiger charge is 2.33. The Morgan fingerprint density at radius 2 is 2.18 bits per heavy atom. The molecular weight excluding hydrogens is 276 g/mol. The van der Waals surface area contributed by atoms with E-state index in [2.05, 4.69) is 16.4 Å². The zero-order valence-electron chi connectivity index (χ0n) is 12.7. The van der Waals surface area contributed by atoms with Crippen molar-refractivity contribution in [2.24, 2.45) is 0 Å². The summed E-state index contributed by atoms with van der Waals surface area (Å²) in [7, 11) is 0. The lowest BCUT2D eigenvalue weighted by Crippen LogP contribution is -2.37. The van der Waals surface area contributed by atoms with Crippen molar-refractivity contribution in [2.45, 2.75) is 32.4 Å². The second-order valence-electron chi connectivity index (χ2n) is 5.79. The summed E-state index contributed by atoms with van der Waals surface area (Å²) in [5.41, 5.74) is 1.33. The maximum atomic E-state index is 12.3. The summed E-state index contributed by atoms with van der Waals surface area (Å²) < 4.78 is 0. The van der Waals surface area contributed by atoms with Crippen LogP contribution in [0.2, 0.25) is 0 Å². The van der Waals surface area contributed by atoms with E-state index in [0.29, 0.717) is 11.4 Å². The van der Waals surface area contributed by atoms with Gasteiger partial charge >= 0.3 is 0 Å². The minimum atomic E-state index is -0.261. The number of nitrogens with one attached hydrogen (secondary N) is 1. The first-order valence-electron chi connectivity index (χ1n) is 7.47. The Morgan fingerprint density at radius 1 is 1.41 bits per heavy atom. The van der Waals surface area contributed by atoms with Gasteiger partial charge in [0.05, 0.1) is 17.1 Å². The molecule has 1 unspecified atom stereocenters. The zero-order chi connectivity index (χ0) is 15.7. The lowest BCUT2D eigenvalue weighted by atomic mass is 10.1. The summed E-state index contributed by atoms with van der Waals surface area (Å²) in [6, 6.07) is 11.4. The number of anilines is 1. The first-order valence-corrected chi connectivity index (χ1v) is 7.47. The molecule has 1 aliphatic heterocycles. The third kappa shape index (κ3) is 2.48. The highest BCUT2D eigenvalue weighted by molar-refractivity contribution is 5.89. The van der Waals surface area contributed by atoms with Crippen LogP contribution in [0.25, 0.3) is 10.9 Å². The molecule has 5 nitrogen and oxygen atoms in total. The molecule has 1 aromatic heterocycles. The van der Waals surface area contributed by atoms with E-state index in [4.69, 9.17) is 0 Å². The van der Waals surface area contributed by atoms with Gasteiger partial charge in [-0.15, -0.1) is 0 Å². The first kappa shape index (κ1) is 14.3. The molecule has 0 radical (unpaired) electrons. The monoisotopic (exact) mass is 294 g/mol. The molecule has 2 heterocycles. The summed E-state index contributed by atoms with van der Waals surface area (Å²) >= 11 is 0. The lowest BCUT2D eigenvalue weighted by Gasteiger charge is -2.21. The Morgan fingerprint density at radius 3 is 2.86 bits per heavy atom. The maximum absolute atomic E-state index is 12.3. The molecule has 0 spiro atoms. The molecule has 0 saturated carbocycles. The van der Waals surface area contributed by atoms with E-state index in [1.807, 2.05) is 43.0 Å². The minimum absolute atomic E-state index is 0.100. The van der Waals surface area contributed by atoms with E-state index in [9.17, 15) is 10.1 Å². The number of nitriles is 1. The molecule has 5 heteroatoms. The van der Waals surface area contributed by atoms with Crippen LogP contribution in [0.1, 0.15) is 25.8 Å². The van der Waals surface area contributed by atoms with Crippen molar-refractivity contribution in [3.05, 3.63) is 35.9 Å². The van der Waals surface area contributed by atoms with Crippen molar-refractivity contribution < 1.29 is 4.79 Å². The Balaban J connectivity index is 1.89. The van der Waals surface area contributed by atoms with Crippen LogP contribution in [-0.2, 0) is 4.79 Å². The van der Waals surface area contributed by atoms with Crippen LogP contribution in [0, 0.1) is 11.3 Å². The number of amides is 1. The number of carbonyl (C=O) groups is 1. The molecule has 1 N–H and O–H groups in total. The van der Waals surface area contributed by atoms with E-state index < -0.39 is 0 Å². The van der Waals surface area contributed by atoms with Gasteiger partial charge in [-0.3, -0.25) is 4.79 Å². The van der Waals surface area contributed by atoms with E-state index in [0.717, 1.165) is 23.9 Å². The number of likely N-dealkylation sites (tertiary alicyclic amines) is 1. The average molecular weight is 294 g/mol. The van der Waals surface area contributed by atoms with Crippen molar-refractivity contribution in [3.8, 4) is 6.07 Å². The van der Waals surface area contributed by atoms with Crippen LogP contribution in [0.5, 0.6) is 0 Å². The van der Waals surface area contributed by atoms with Gasteiger partial charge in [0.25, 0.3) is 0 Å². The average Bonchev–Trinajstić information content (AvgIpc) is 2.87. The van der Waals surface area contributed by atoms with Crippen molar-refractivity contribution >= 4 is 22.6 Å². The second kappa shape index (κ2) is 5.64. The molecule has 1 amide bonds. The number of aromatic nitrogens is 1. The van der Waals surface area contributed by atoms with Crippen LogP contribution < -0.4 is 5.32 Å². The molecule has 1 aliphatic rings. The molecule has 1 aromatic carbocycles. The number of hydrogen-bond acceptors (Lipinski definition) is 4. The first-order chi connectivity index (χ1) is 10.6. The van der Waals surface area contributed by atoms with Crippen LogP contribution in [-0.4, -0.2) is 34.4 Å². The van der Waals surface area contributed by atoms with Gasteiger partial charge in [-0.05, 0) is 32.4 Å². The molecule has 3 rings (SSSR count). The molecule has 0 aliphatic carbocycles. The Hall–Kier alpha value is -2.61. The SMILES string of the molecule is CC(C)N1CCC(Nc2cc(C#N)c3ccccc3n2)C1=O. The molecular formula is C17H18N4O. The van der Waals surface area contributed by atoms with E-state index in [1.54, 1.807) is 6.07 Å². The number of hydrogen-bond donors (Lipinski definition) is 1. The van der Waals surface area contributed by atoms with Crippen molar-refractivity contribution in [2.75, 3.05) is 11.9 Å². The van der Waals surface area contributed by atoms with E-state index in [1.165, 1.54) is 0 Å². The number of carbonyl (C=O) groups excluding carboxylic acids is 1. The van der Waals surface area contributed by atoms with Crippen LogP contribution >= 0.6 is 0 Å². The molecule has 0 bridgehead atoms. The van der Waals surface area contributed by atoms with Gasteiger partial charge in [0.15, 0.2) is 0 Å². The highest BCUT2D eigenvalue weighted by atomic mass is 16.2. The van der Waals surface area contributed by atoms with Gasteiger partial charge in [0.1, 0.15) is 11.9 Å². The Labute approximate surface area is 129 Å². The van der Waals surface area contributed by atoms with E-state index >= 15 is 0 Å². The third-order valence-corrected chi connectivity index (χ3v) is 4.02. The molecule has 1 atom stereocenters. The van der Waals surface area contributed by atoms with Crippen molar-refractivity contribution in [3.63, 3.8) is 0 Å². The lowest BCUT2D eigenvalue weighted by molar-refractivity contribution is -0.129. The second-order valence-corrected chi connectivity index (χ2v) is 5.79. The zero-order valence-corrected chi connectivity index (χ0v) is 12.7. The maximum Gasteiger partial charge on any atom is 0.245 e. The quantitative estimate of drug-likeness (QED) is 0.944. The smallest absolute Gasteiger partial charge is 0.245 e. The number of benzene rings is 1. The largest absolute Gasteiger partial charge is 0.358 e. The topological polar surface area (TPSA) is 69.0 Å². The normalized spacial score (nSPS) is 18.0. The van der Waals surface area contributed by atoms with Gasteiger partial charge in [-0.25, -0.2) is 4.98 Å². The van der Waals surface area contributed by atoms with Gasteiger partial charge in [-0.1, -0.05) is 18.2 Å². The molecule has 22 heavy (non-hydrogen) atoms. The number of pyridine rings is 1. The van der Waals surface area contributed by atoms with Crippen LogP contribution in [0.15, 0.2) is 30.3 Å². The van der Waals surface area contributed by atoms with E-state index in [-0.39, 0.29) is 18.0 Å². The molecule has 2 aromatic rings. The standard InChI is InChI=1S/C17H18N4O/c1-11(2)21-8-7-15(17(21)22)20-16-9-12(10-18)13-5-3-4-6-14(13)19-16/h3-6,9,11,15H,7-8H2,1-2H3,(H,19,20). The number of fused-ring (bicyclic) bond motifs is 1. The van der Waals surface area contributed by atoms with Crippen molar-refractivity contribution in [1.29, 1.82) is 5.26 Å².